The predicted molar refractivity (Wildman–Crippen MR) is 73.6 cm³/mol. The summed E-state index contributed by atoms with van der Waals surface area (Å²) < 4.78 is 0.926. The molecular formula is C14H14BrNO3. The Morgan fingerprint density at radius 1 is 1.32 bits per heavy atom. The van der Waals surface area contributed by atoms with Crippen LogP contribution in [0.25, 0.3) is 0 Å². The van der Waals surface area contributed by atoms with Crippen molar-refractivity contribution in [1.29, 1.82) is 0 Å². The molecule has 0 heterocycles. The number of hydrogen-bond donors (Lipinski definition) is 1. The van der Waals surface area contributed by atoms with Gasteiger partial charge in [-0.15, -0.1) is 0 Å². The van der Waals surface area contributed by atoms with Gasteiger partial charge in [0, 0.05) is 23.7 Å². The molecule has 0 atom stereocenters. The molecule has 100 valence electrons. The number of nitrogens with one attached hydrogen (secondary N) is 1. The van der Waals surface area contributed by atoms with Crippen LogP contribution in [0.5, 0.6) is 0 Å². The molecule has 0 aliphatic heterocycles. The molecule has 0 saturated heterocycles. The molecule has 0 spiro atoms. The maximum absolute atomic E-state index is 11.7. The molecule has 1 saturated carbocycles. The summed E-state index contributed by atoms with van der Waals surface area (Å²) in [5.74, 6) is -0.355. The SMILES string of the molecule is O=C(CNC(=O)C1CC(=O)C1)Cc1cccc(Br)c1. The van der Waals surface area contributed by atoms with Gasteiger partial charge in [0.15, 0.2) is 5.78 Å². The van der Waals surface area contributed by atoms with Crippen molar-refractivity contribution in [2.75, 3.05) is 6.54 Å². The Morgan fingerprint density at radius 2 is 2.05 bits per heavy atom. The third-order valence-electron chi connectivity index (χ3n) is 3.07. The lowest BCUT2D eigenvalue weighted by atomic mass is 9.83. The lowest BCUT2D eigenvalue weighted by Crippen LogP contribution is -2.41. The first-order chi connectivity index (χ1) is 9.04. The first-order valence-electron chi connectivity index (χ1n) is 6.10. The lowest BCUT2D eigenvalue weighted by molar-refractivity contribution is -0.138. The van der Waals surface area contributed by atoms with Gasteiger partial charge in [-0.3, -0.25) is 14.4 Å². The minimum Gasteiger partial charge on any atom is -0.349 e. The number of benzene rings is 1. The Hall–Kier alpha value is -1.49. The van der Waals surface area contributed by atoms with E-state index in [-0.39, 0.29) is 29.9 Å². The molecule has 2 rings (SSSR count). The molecule has 0 radical (unpaired) electrons. The number of rotatable bonds is 5. The van der Waals surface area contributed by atoms with Crippen LogP contribution in [0.4, 0.5) is 0 Å². The van der Waals surface area contributed by atoms with Crippen molar-refractivity contribution in [1.82, 2.24) is 5.32 Å². The zero-order chi connectivity index (χ0) is 13.8. The Morgan fingerprint density at radius 3 is 2.68 bits per heavy atom. The fourth-order valence-corrected chi connectivity index (χ4v) is 2.39. The van der Waals surface area contributed by atoms with Crippen LogP contribution in [0.15, 0.2) is 28.7 Å². The highest BCUT2D eigenvalue weighted by Gasteiger charge is 2.32. The van der Waals surface area contributed by atoms with Gasteiger partial charge in [-0.2, -0.15) is 0 Å². The van der Waals surface area contributed by atoms with Crippen LogP contribution in [0.1, 0.15) is 18.4 Å². The third kappa shape index (κ3) is 3.99. The number of halogens is 1. The third-order valence-corrected chi connectivity index (χ3v) is 3.56. The van der Waals surface area contributed by atoms with Gasteiger partial charge in [0.05, 0.1) is 12.5 Å². The highest BCUT2D eigenvalue weighted by Crippen LogP contribution is 2.22. The number of Topliss-reactive ketones (excluding diaryl/α,β-unsaturated/α-hetero) is 2. The van der Waals surface area contributed by atoms with Gasteiger partial charge in [0.2, 0.25) is 5.91 Å². The summed E-state index contributed by atoms with van der Waals surface area (Å²) in [6.45, 7) is 0.0238. The smallest absolute Gasteiger partial charge is 0.224 e. The second kappa shape index (κ2) is 6.10. The number of amides is 1. The molecule has 19 heavy (non-hydrogen) atoms. The van der Waals surface area contributed by atoms with Crippen LogP contribution in [0.3, 0.4) is 0 Å². The molecule has 0 bridgehead atoms. The largest absolute Gasteiger partial charge is 0.349 e. The zero-order valence-corrected chi connectivity index (χ0v) is 11.9. The van der Waals surface area contributed by atoms with E-state index in [0.29, 0.717) is 19.3 Å². The number of hydrogen-bond acceptors (Lipinski definition) is 3. The average Bonchev–Trinajstić information content (AvgIpc) is 2.32. The quantitative estimate of drug-likeness (QED) is 0.896. The first-order valence-corrected chi connectivity index (χ1v) is 6.89. The van der Waals surface area contributed by atoms with Crippen molar-refractivity contribution in [3.05, 3.63) is 34.3 Å². The topological polar surface area (TPSA) is 63.2 Å². The van der Waals surface area contributed by atoms with Crippen LogP contribution in [0.2, 0.25) is 0 Å². The van der Waals surface area contributed by atoms with Gasteiger partial charge in [0.25, 0.3) is 0 Å². The van der Waals surface area contributed by atoms with Crippen molar-refractivity contribution >= 4 is 33.4 Å². The minimum absolute atomic E-state index is 0.0238. The summed E-state index contributed by atoms with van der Waals surface area (Å²) >= 11 is 3.34. The van der Waals surface area contributed by atoms with Crippen molar-refractivity contribution in [3.8, 4) is 0 Å². The molecular weight excluding hydrogens is 310 g/mol. The van der Waals surface area contributed by atoms with E-state index in [1.807, 2.05) is 24.3 Å². The number of carbonyl (C=O) groups is 3. The molecule has 1 amide bonds. The second-order valence-electron chi connectivity index (χ2n) is 4.71. The molecule has 5 heteroatoms. The van der Waals surface area contributed by atoms with Gasteiger partial charge in [-0.05, 0) is 17.7 Å². The molecule has 0 unspecified atom stereocenters. The van der Waals surface area contributed by atoms with E-state index in [1.54, 1.807) is 0 Å². The molecule has 1 fully saturated rings. The summed E-state index contributed by atoms with van der Waals surface area (Å²) in [5.41, 5.74) is 0.910. The Labute approximate surface area is 119 Å². The fourth-order valence-electron chi connectivity index (χ4n) is 1.94. The maximum atomic E-state index is 11.7. The highest BCUT2D eigenvalue weighted by atomic mass is 79.9. The van der Waals surface area contributed by atoms with Gasteiger partial charge in [-0.25, -0.2) is 0 Å². The standard InChI is InChI=1S/C14H14BrNO3/c15-11-3-1-2-9(4-11)5-13(18)8-16-14(19)10-6-12(17)7-10/h1-4,10H,5-8H2,(H,16,19). The zero-order valence-electron chi connectivity index (χ0n) is 10.3. The van der Waals surface area contributed by atoms with Gasteiger partial charge in [0.1, 0.15) is 5.78 Å². The normalized spacial score (nSPS) is 14.9. The summed E-state index contributed by atoms with van der Waals surface area (Å²) in [4.78, 5) is 34.1. The van der Waals surface area contributed by atoms with Crippen LogP contribution in [-0.2, 0) is 20.8 Å². The van der Waals surface area contributed by atoms with Gasteiger partial charge in [-0.1, -0.05) is 28.1 Å². The minimum atomic E-state index is -0.230. The number of ketones is 2. The lowest BCUT2D eigenvalue weighted by Gasteiger charge is -2.22. The summed E-state index contributed by atoms with van der Waals surface area (Å²) in [7, 11) is 0. The van der Waals surface area contributed by atoms with Crippen LogP contribution in [0, 0.1) is 5.92 Å². The molecule has 1 N–H and O–H groups in total. The van der Waals surface area contributed by atoms with Crippen molar-refractivity contribution in [2.45, 2.75) is 19.3 Å². The average molecular weight is 324 g/mol. The molecule has 1 aromatic carbocycles. The first kappa shape index (κ1) is 13.9. The molecule has 4 nitrogen and oxygen atoms in total. The molecule has 1 aliphatic rings. The van der Waals surface area contributed by atoms with Crippen LogP contribution >= 0.6 is 15.9 Å². The van der Waals surface area contributed by atoms with Gasteiger partial charge >= 0.3 is 0 Å². The van der Waals surface area contributed by atoms with Gasteiger partial charge < -0.3 is 5.32 Å². The van der Waals surface area contributed by atoms with E-state index >= 15 is 0 Å². The van der Waals surface area contributed by atoms with E-state index < -0.39 is 0 Å². The summed E-state index contributed by atoms with van der Waals surface area (Å²) in [6.07, 6.45) is 0.917. The Balaban J connectivity index is 1.75. The van der Waals surface area contributed by atoms with Crippen LogP contribution < -0.4 is 5.32 Å². The van der Waals surface area contributed by atoms with E-state index in [9.17, 15) is 14.4 Å². The molecule has 1 aromatic rings. The van der Waals surface area contributed by atoms with Crippen molar-refractivity contribution in [2.24, 2.45) is 5.92 Å². The summed E-state index contributed by atoms with van der Waals surface area (Å²) in [5, 5.41) is 2.59. The van der Waals surface area contributed by atoms with E-state index in [4.69, 9.17) is 0 Å². The summed E-state index contributed by atoms with van der Waals surface area (Å²) in [6, 6.07) is 7.51. The van der Waals surface area contributed by atoms with Crippen LogP contribution in [-0.4, -0.2) is 24.0 Å². The Kier molecular flexibility index (Phi) is 4.47. The van der Waals surface area contributed by atoms with E-state index in [1.165, 1.54) is 0 Å². The van der Waals surface area contributed by atoms with E-state index in [2.05, 4.69) is 21.2 Å². The fraction of sp³-hybridized carbons (Fsp3) is 0.357. The van der Waals surface area contributed by atoms with Crippen molar-refractivity contribution in [3.63, 3.8) is 0 Å². The van der Waals surface area contributed by atoms with E-state index in [0.717, 1.165) is 10.0 Å². The molecule has 0 aromatic heterocycles. The van der Waals surface area contributed by atoms with Crippen molar-refractivity contribution < 1.29 is 14.4 Å². The highest BCUT2D eigenvalue weighted by molar-refractivity contribution is 9.10. The predicted octanol–water partition coefficient (Wildman–Crippen LogP) is 1.66. The molecule has 1 aliphatic carbocycles. The monoisotopic (exact) mass is 323 g/mol. The number of carbonyl (C=O) groups excluding carboxylic acids is 3. The second-order valence-corrected chi connectivity index (χ2v) is 5.62. The Bertz CT molecular complexity index is 519. The maximum Gasteiger partial charge on any atom is 0.224 e.